The molecule has 8 heteroatoms. The number of hydrogen-bond donors (Lipinski definition) is 0. The van der Waals surface area contributed by atoms with Crippen LogP contribution in [-0.4, -0.2) is 39.0 Å². The van der Waals surface area contributed by atoms with Crippen LogP contribution in [0.1, 0.15) is 0 Å². The summed E-state index contributed by atoms with van der Waals surface area (Å²) in [6.45, 7) is 0. The lowest BCUT2D eigenvalue weighted by Crippen LogP contribution is -2.04. The molecule has 0 spiro atoms. The zero-order valence-corrected chi connectivity index (χ0v) is 33.2. The van der Waals surface area contributed by atoms with Gasteiger partial charge < -0.3 is 0 Å². The summed E-state index contributed by atoms with van der Waals surface area (Å²) in [6, 6.07) is 69.9. The molecule has 0 bridgehead atoms. The number of benzene rings is 8. The fraction of sp³-hybridized carbons (Fsp3) is 0. The number of imidazole rings is 2. The Morgan fingerprint density at radius 3 is 0.903 bits per heavy atom. The Balaban J connectivity index is 1.15. The molecule has 4 heterocycles. The van der Waals surface area contributed by atoms with Gasteiger partial charge in [0.2, 0.25) is 0 Å². The van der Waals surface area contributed by atoms with Crippen LogP contribution in [-0.2, 0) is 0 Å². The highest BCUT2D eigenvalue weighted by Gasteiger charge is 2.27. The van der Waals surface area contributed by atoms with E-state index >= 15 is 0 Å². The zero-order chi connectivity index (χ0) is 41.0. The second-order valence-corrected chi connectivity index (χ2v) is 15.1. The van der Waals surface area contributed by atoms with Crippen LogP contribution >= 0.6 is 0 Å². The van der Waals surface area contributed by atoms with Crippen molar-refractivity contribution in [2.24, 2.45) is 0 Å². The summed E-state index contributed by atoms with van der Waals surface area (Å²) < 4.78 is 4.44. The smallest absolute Gasteiger partial charge is 0.146 e. The van der Waals surface area contributed by atoms with Crippen molar-refractivity contribution in [3.63, 3.8) is 0 Å². The van der Waals surface area contributed by atoms with Crippen LogP contribution in [0, 0.1) is 0 Å². The maximum atomic E-state index is 5.46. The van der Waals surface area contributed by atoms with E-state index in [1.54, 1.807) is 0 Å². The largest absolute Gasteiger partial charge is 0.292 e. The fourth-order valence-corrected chi connectivity index (χ4v) is 8.57. The van der Waals surface area contributed by atoms with Crippen LogP contribution in [0.3, 0.4) is 0 Å². The van der Waals surface area contributed by atoms with Gasteiger partial charge in [0, 0.05) is 33.6 Å². The van der Waals surface area contributed by atoms with E-state index in [-0.39, 0.29) is 0 Å². The first-order chi connectivity index (χ1) is 30.8. The van der Waals surface area contributed by atoms with Gasteiger partial charge in [0.25, 0.3) is 0 Å². The molecule has 4 aromatic heterocycles. The Morgan fingerprint density at radius 2 is 0.516 bits per heavy atom. The number of aromatic nitrogens is 8. The van der Waals surface area contributed by atoms with Crippen molar-refractivity contribution in [1.29, 1.82) is 0 Å². The molecular weight excluding hydrogens is 761 g/mol. The van der Waals surface area contributed by atoms with E-state index < -0.39 is 0 Å². The molecular formula is C54H34N8. The predicted octanol–water partition coefficient (Wildman–Crippen LogP) is 12.6. The fourth-order valence-electron chi connectivity index (χ4n) is 8.57. The highest BCUT2D eigenvalue weighted by atomic mass is 15.1. The minimum absolute atomic E-state index is 0.609. The molecule has 0 radical (unpaired) electrons. The van der Waals surface area contributed by atoms with Gasteiger partial charge in [-0.05, 0) is 72.8 Å². The van der Waals surface area contributed by atoms with Crippen LogP contribution in [0.15, 0.2) is 206 Å². The summed E-state index contributed by atoms with van der Waals surface area (Å²) in [5, 5.41) is 0. The molecule has 0 fully saturated rings. The highest BCUT2D eigenvalue weighted by Crippen LogP contribution is 2.43. The lowest BCUT2D eigenvalue weighted by molar-refractivity contribution is 1.10. The lowest BCUT2D eigenvalue weighted by Gasteiger charge is -2.18. The molecule has 290 valence electrons. The van der Waals surface area contributed by atoms with Gasteiger partial charge in [-0.15, -0.1) is 0 Å². The monoisotopic (exact) mass is 794 g/mol. The van der Waals surface area contributed by atoms with Crippen LogP contribution in [0.25, 0.3) is 112 Å². The van der Waals surface area contributed by atoms with E-state index in [0.717, 1.165) is 89.4 Å². The van der Waals surface area contributed by atoms with Crippen LogP contribution in [0.4, 0.5) is 0 Å². The van der Waals surface area contributed by atoms with E-state index in [0.29, 0.717) is 22.8 Å². The molecule has 8 nitrogen and oxygen atoms in total. The Kier molecular flexibility index (Phi) is 8.31. The Bertz CT molecular complexity index is 3410. The van der Waals surface area contributed by atoms with Gasteiger partial charge in [-0.1, -0.05) is 133 Å². The van der Waals surface area contributed by atoms with Gasteiger partial charge in [0.15, 0.2) is 0 Å². The molecule has 0 aliphatic carbocycles. The molecule has 12 rings (SSSR count). The highest BCUT2D eigenvalue weighted by molar-refractivity contribution is 5.98. The molecule has 0 amide bonds. The standard InChI is InChI=1S/C54H34N8/c1-3-19-35(20-4-1)61-47-33-17-15-31-45(47)59-53(61)39-25-9-7-23-37(39)49-51(57-43-29-13-11-27-41(43)55-49)52-50(56-42-28-12-14-30-44(42)58-52)38-24-8-10-26-40(38)54-60-46-32-16-18-34-48(46)62(54)36-21-5-2-6-22-36/h1-34H. The quantitative estimate of drug-likeness (QED) is 0.160. The van der Waals surface area contributed by atoms with Crippen LogP contribution in [0.5, 0.6) is 0 Å². The number of fused-ring (bicyclic) bond motifs is 4. The van der Waals surface area contributed by atoms with E-state index in [1.165, 1.54) is 0 Å². The summed E-state index contributed by atoms with van der Waals surface area (Å²) in [5.41, 5.74) is 15.0. The van der Waals surface area contributed by atoms with E-state index in [9.17, 15) is 0 Å². The van der Waals surface area contributed by atoms with Crippen molar-refractivity contribution < 1.29 is 0 Å². The molecule has 0 N–H and O–H groups in total. The molecule has 0 aliphatic heterocycles. The van der Waals surface area contributed by atoms with Crippen LogP contribution < -0.4 is 0 Å². The number of rotatable bonds is 7. The second-order valence-electron chi connectivity index (χ2n) is 15.1. The summed E-state index contributed by atoms with van der Waals surface area (Å²) in [5.74, 6) is 1.59. The third-order valence-electron chi connectivity index (χ3n) is 11.4. The van der Waals surface area contributed by atoms with Gasteiger partial charge in [-0.3, -0.25) is 9.13 Å². The first kappa shape index (κ1) is 35.3. The van der Waals surface area contributed by atoms with Crippen molar-refractivity contribution in [3.05, 3.63) is 206 Å². The summed E-state index contributed by atoms with van der Waals surface area (Å²) in [6.07, 6.45) is 0. The van der Waals surface area contributed by atoms with Crippen molar-refractivity contribution >= 4 is 44.1 Å². The van der Waals surface area contributed by atoms with E-state index in [2.05, 4.69) is 130 Å². The van der Waals surface area contributed by atoms with Gasteiger partial charge in [-0.2, -0.15) is 0 Å². The van der Waals surface area contributed by atoms with Crippen molar-refractivity contribution in [2.45, 2.75) is 0 Å². The molecule has 0 aliphatic rings. The van der Waals surface area contributed by atoms with Gasteiger partial charge in [0.1, 0.15) is 23.0 Å². The van der Waals surface area contributed by atoms with Crippen molar-refractivity contribution in [3.8, 4) is 68.1 Å². The molecule has 0 saturated carbocycles. The molecule has 8 aromatic carbocycles. The predicted molar refractivity (Wildman–Crippen MR) is 249 cm³/mol. The Hall–Kier alpha value is -8.62. The first-order valence-electron chi connectivity index (χ1n) is 20.6. The molecule has 0 saturated heterocycles. The topological polar surface area (TPSA) is 87.2 Å². The lowest BCUT2D eigenvalue weighted by atomic mass is 9.96. The second kappa shape index (κ2) is 14.6. The Morgan fingerprint density at radius 1 is 0.226 bits per heavy atom. The average molecular weight is 795 g/mol. The van der Waals surface area contributed by atoms with Crippen molar-refractivity contribution in [1.82, 2.24) is 39.0 Å². The van der Waals surface area contributed by atoms with Crippen molar-refractivity contribution in [2.75, 3.05) is 0 Å². The molecule has 12 aromatic rings. The maximum Gasteiger partial charge on any atom is 0.146 e. The minimum Gasteiger partial charge on any atom is -0.292 e. The number of para-hydroxylation sites is 10. The average Bonchev–Trinajstić information content (AvgIpc) is 3.93. The van der Waals surface area contributed by atoms with E-state index in [1.807, 2.05) is 84.9 Å². The molecule has 0 atom stereocenters. The summed E-state index contributed by atoms with van der Waals surface area (Å²) in [4.78, 5) is 32.4. The zero-order valence-electron chi connectivity index (χ0n) is 33.2. The first-order valence-corrected chi connectivity index (χ1v) is 20.6. The third kappa shape index (κ3) is 5.84. The third-order valence-corrected chi connectivity index (χ3v) is 11.4. The van der Waals surface area contributed by atoms with Crippen LogP contribution in [0.2, 0.25) is 0 Å². The minimum atomic E-state index is 0.609. The number of nitrogens with zero attached hydrogens (tertiary/aromatic N) is 8. The molecule has 62 heavy (non-hydrogen) atoms. The van der Waals surface area contributed by atoms with Gasteiger partial charge in [0.05, 0.1) is 55.5 Å². The van der Waals surface area contributed by atoms with Gasteiger partial charge >= 0.3 is 0 Å². The maximum absolute atomic E-state index is 5.46. The Labute approximate surface area is 356 Å². The van der Waals surface area contributed by atoms with E-state index in [4.69, 9.17) is 29.9 Å². The summed E-state index contributed by atoms with van der Waals surface area (Å²) >= 11 is 0. The molecule has 0 unspecified atom stereocenters. The SMILES string of the molecule is c1ccc(-n2c(-c3ccccc3-c3nc4ccccc4nc3-c3nc4ccccc4nc3-c3ccccc3-c3nc4ccccc4n3-c3ccccc3)nc3ccccc32)cc1. The summed E-state index contributed by atoms with van der Waals surface area (Å²) in [7, 11) is 0. The number of hydrogen-bond acceptors (Lipinski definition) is 6. The normalized spacial score (nSPS) is 11.5. The van der Waals surface area contributed by atoms with Gasteiger partial charge in [-0.25, -0.2) is 29.9 Å².